The lowest BCUT2D eigenvalue weighted by molar-refractivity contribution is -0.200. The van der Waals surface area contributed by atoms with Crippen LogP contribution in [0.4, 0.5) is 0 Å². The topological polar surface area (TPSA) is 35.4 Å². The molecule has 0 spiro atoms. The quantitative estimate of drug-likeness (QED) is 0.260. The van der Waals surface area contributed by atoms with Gasteiger partial charge < -0.3 is 10.1 Å². The summed E-state index contributed by atoms with van der Waals surface area (Å²) >= 11 is 0. The molecule has 2 nitrogen and oxygen atoms in total. The van der Waals surface area contributed by atoms with Gasteiger partial charge in [-0.2, -0.15) is 0 Å². The van der Waals surface area contributed by atoms with Gasteiger partial charge in [-0.25, -0.2) is 0 Å². The molecule has 0 amide bonds. The maximum Gasteiger partial charge on any atom is 0.0262 e. The Bertz CT molecular complexity index is 21.2. The first-order valence-corrected chi connectivity index (χ1v) is 0.941. The molecule has 2 heteroatoms. The first-order chi connectivity index (χ1) is 1.91. The van der Waals surface area contributed by atoms with Crippen LogP contribution in [-0.2, 0) is 0 Å². The zero-order valence-corrected chi connectivity index (χ0v) is 2.43. The normalized spacial score (nSPS) is 9.25. The summed E-state index contributed by atoms with van der Waals surface area (Å²) in [6.45, 7) is 0. The molecule has 24 valence electrons. The highest BCUT2D eigenvalue weighted by Gasteiger charge is 1.20. The van der Waals surface area contributed by atoms with Gasteiger partial charge in [-0.15, -0.1) is 0 Å². The number of rotatable bonds is 0. The van der Waals surface area contributed by atoms with Crippen LogP contribution in [0.1, 0.15) is 0 Å². The fourth-order valence-corrected chi connectivity index (χ4v) is 0. The largest absolute Gasteiger partial charge is 0.864 e. The Balaban J connectivity index is 2.55. The highest BCUT2D eigenvalue weighted by Crippen LogP contribution is 1.29. The minimum absolute atomic E-state index is 0.500. The fourth-order valence-electron chi connectivity index (χ4n) is 0. The van der Waals surface area contributed by atoms with E-state index in [-0.39, 0.29) is 0 Å². The highest BCUT2D eigenvalue weighted by molar-refractivity contribution is 5.39. The molecule has 0 aromatic carbocycles. The Hall–Kier alpha value is -0.530. The van der Waals surface area contributed by atoms with E-state index in [1.54, 1.807) is 0 Å². The van der Waals surface area contributed by atoms with E-state index in [1.165, 1.54) is 7.05 Å². The number of aliphatic imine (C=N–C) groups is 1. The van der Waals surface area contributed by atoms with Gasteiger partial charge in [0.2, 0.25) is 0 Å². The monoisotopic (exact) mass is 58.0 g/mol. The molecule has 0 radical (unpaired) electrons. The molecule has 0 atom stereocenters. The van der Waals surface area contributed by atoms with Crippen LogP contribution >= 0.6 is 0 Å². The van der Waals surface area contributed by atoms with Crippen molar-refractivity contribution in [2.24, 2.45) is 4.99 Å². The second-order valence-corrected chi connectivity index (χ2v) is 0.364. The Morgan fingerprint density at radius 2 is 2.25 bits per heavy atom. The van der Waals surface area contributed by atoms with Gasteiger partial charge in [-0.3, -0.25) is 0 Å². The lowest BCUT2D eigenvalue weighted by Gasteiger charge is -1.75. The van der Waals surface area contributed by atoms with Crippen molar-refractivity contribution in [3.63, 3.8) is 0 Å². The maximum absolute atomic E-state index is 9.01. The van der Waals surface area contributed by atoms with Crippen molar-refractivity contribution >= 4 is 6.40 Å². The van der Waals surface area contributed by atoms with E-state index in [0.29, 0.717) is 6.40 Å². The minimum atomic E-state index is 0.500. The molecule has 4 heavy (non-hydrogen) atoms. The van der Waals surface area contributed by atoms with E-state index in [0.717, 1.165) is 0 Å². The van der Waals surface area contributed by atoms with Crippen LogP contribution in [0, 0.1) is 0 Å². The molecule has 0 heterocycles. The standard InChI is InChI=1S/C2H5NO/c1-3-2-4/h2H,1H3,(H,3,4)/p-1. The van der Waals surface area contributed by atoms with Crippen LogP contribution in [0.15, 0.2) is 4.99 Å². The van der Waals surface area contributed by atoms with Crippen molar-refractivity contribution in [1.82, 2.24) is 0 Å². The molecule has 0 saturated heterocycles. The third-order valence-corrected chi connectivity index (χ3v) is 0.105. The summed E-state index contributed by atoms with van der Waals surface area (Å²) in [7, 11) is 1.44. The predicted octanol–water partition coefficient (Wildman–Crippen LogP) is -0.995. The van der Waals surface area contributed by atoms with Crippen molar-refractivity contribution in [1.29, 1.82) is 0 Å². The van der Waals surface area contributed by atoms with Gasteiger partial charge in [0, 0.05) is 7.05 Å². The van der Waals surface area contributed by atoms with Crippen LogP contribution in [-0.4, -0.2) is 13.4 Å². The maximum atomic E-state index is 9.01. The third-order valence-electron chi connectivity index (χ3n) is 0.105. The smallest absolute Gasteiger partial charge is 0.0262 e. The van der Waals surface area contributed by atoms with E-state index in [2.05, 4.69) is 4.99 Å². The second kappa shape index (κ2) is 2.47. The Labute approximate surface area is 24.8 Å². The molecule has 0 aromatic heterocycles. The molecule has 0 unspecified atom stereocenters. The van der Waals surface area contributed by atoms with E-state index in [4.69, 9.17) is 5.11 Å². The van der Waals surface area contributed by atoms with Crippen LogP contribution in [0.2, 0.25) is 0 Å². The van der Waals surface area contributed by atoms with Crippen LogP contribution in [0.5, 0.6) is 0 Å². The summed E-state index contributed by atoms with van der Waals surface area (Å²) < 4.78 is 0. The van der Waals surface area contributed by atoms with Gasteiger partial charge in [0.15, 0.2) is 0 Å². The molecule has 0 aromatic rings. The Kier molecular flexibility index (Phi) is 2.14. The second-order valence-electron chi connectivity index (χ2n) is 0.364. The summed E-state index contributed by atoms with van der Waals surface area (Å²) in [5.41, 5.74) is 0. The lowest BCUT2D eigenvalue weighted by atomic mass is 11.4. The van der Waals surface area contributed by atoms with Gasteiger partial charge >= 0.3 is 0 Å². The first-order valence-electron chi connectivity index (χ1n) is 0.941. The SMILES string of the molecule is CN=C[O-]. The zero-order valence-electron chi connectivity index (χ0n) is 2.43. The van der Waals surface area contributed by atoms with Crippen LogP contribution in [0.3, 0.4) is 0 Å². The Morgan fingerprint density at radius 3 is 2.25 bits per heavy atom. The van der Waals surface area contributed by atoms with Gasteiger partial charge in [-0.05, 0) is 0 Å². The minimum Gasteiger partial charge on any atom is -0.864 e. The van der Waals surface area contributed by atoms with E-state index in [9.17, 15) is 0 Å². The van der Waals surface area contributed by atoms with Crippen molar-refractivity contribution in [3.8, 4) is 0 Å². The summed E-state index contributed by atoms with van der Waals surface area (Å²) in [5, 5.41) is 9.01. The van der Waals surface area contributed by atoms with Crippen molar-refractivity contribution in [2.45, 2.75) is 0 Å². The summed E-state index contributed by atoms with van der Waals surface area (Å²) in [6.07, 6.45) is 0.500. The van der Waals surface area contributed by atoms with Crippen molar-refractivity contribution in [3.05, 3.63) is 0 Å². The molecular formula is C2H4NO-. The number of hydrogen-bond donors (Lipinski definition) is 0. The average molecular weight is 58.1 g/mol. The zero-order chi connectivity index (χ0) is 3.41. The van der Waals surface area contributed by atoms with E-state index < -0.39 is 0 Å². The van der Waals surface area contributed by atoms with E-state index >= 15 is 0 Å². The van der Waals surface area contributed by atoms with Gasteiger partial charge in [0.1, 0.15) is 0 Å². The van der Waals surface area contributed by atoms with Gasteiger partial charge in [0.25, 0.3) is 0 Å². The average Bonchev–Trinajstić information content (AvgIpc) is 1.37. The molecule has 0 saturated carbocycles. The first kappa shape index (κ1) is 3.47. The van der Waals surface area contributed by atoms with E-state index in [1.807, 2.05) is 0 Å². The van der Waals surface area contributed by atoms with Crippen LogP contribution < -0.4 is 5.11 Å². The van der Waals surface area contributed by atoms with Crippen molar-refractivity contribution < 1.29 is 5.11 Å². The summed E-state index contributed by atoms with van der Waals surface area (Å²) in [5.74, 6) is 0. The highest BCUT2D eigenvalue weighted by atomic mass is 16.2. The number of hydrogen-bond acceptors (Lipinski definition) is 2. The number of nitrogens with zero attached hydrogens (tertiary/aromatic N) is 1. The molecule has 0 bridgehead atoms. The molecule has 0 aliphatic rings. The molecule has 0 fully saturated rings. The fraction of sp³-hybridized carbons (Fsp3) is 0.500. The molecular weight excluding hydrogens is 54.0 g/mol. The van der Waals surface area contributed by atoms with Gasteiger partial charge in [-0.1, -0.05) is 6.40 Å². The predicted molar refractivity (Wildman–Crippen MR) is 14.4 cm³/mol. The van der Waals surface area contributed by atoms with Crippen molar-refractivity contribution in [2.75, 3.05) is 7.05 Å². The Morgan fingerprint density at radius 1 is 2.00 bits per heavy atom. The summed E-state index contributed by atoms with van der Waals surface area (Å²) in [4.78, 5) is 3.06. The lowest BCUT2D eigenvalue weighted by Crippen LogP contribution is -1.94. The molecule has 0 rings (SSSR count). The molecule has 0 aliphatic heterocycles. The van der Waals surface area contributed by atoms with Crippen LogP contribution in [0.25, 0.3) is 0 Å². The molecule has 0 N–H and O–H groups in total. The van der Waals surface area contributed by atoms with Gasteiger partial charge in [0.05, 0.1) is 0 Å². The molecule has 0 aliphatic carbocycles. The third kappa shape index (κ3) is 1.47. The summed E-state index contributed by atoms with van der Waals surface area (Å²) in [6, 6.07) is 0.